The number of amides is 2. The number of imidazole rings is 1. The third-order valence-electron chi connectivity index (χ3n) is 5.58. The van der Waals surface area contributed by atoms with Crippen molar-refractivity contribution in [1.82, 2.24) is 34.9 Å². The van der Waals surface area contributed by atoms with Crippen molar-refractivity contribution in [2.45, 2.75) is 26.1 Å². The van der Waals surface area contributed by atoms with E-state index in [1.165, 1.54) is 0 Å². The fourth-order valence-corrected chi connectivity index (χ4v) is 4.66. The van der Waals surface area contributed by atoms with Gasteiger partial charge in [-0.05, 0) is 25.1 Å². The Morgan fingerprint density at radius 1 is 1.21 bits per heavy atom. The van der Waals surface area contributed by atoms with E-state index in [4.69, 9.17) is 32.9 Å². The minimum atomic E-state index is -0.381. The lowest BCUT2D eigenvalue weighted by Crippen LogP contribution is -2.35. The van der Waals surface area contributed by atoms with Crippen molar-refractivity contribution < 1.29 is 9.53 Å². The maximum Gasteiger partial charge on any atom is 0.320 e. The molecule has 33 heavy (non-hydrogen) atoms. The third kappa shape index (κ3) is 3.87. The van der Waals surface area contributed by atoms with Gasteiger partial charge in [0.15, 0.2) is 5.82 Å². The molecule has 0 fully saturated rings. The standard InChI is InChI=1S/C22H21Cl2N7O2/c1-11(19-14(23)7-25-8-15(19)24)33-12-4-5-16-13(6-12)20(29-28-16)21-26-17-9-31(10-18(17)27-21)22(32)30(2)3/h4-8,11H,9-10H2,1-3H3,(H,26,27)(H,28,29)/t11-/m1/s1. The number of pyridine rings is 1. The zero-order valence-electron chi connectivity index (χ0n) is 18.2. The first-order valence-electron chi connectivity index (χ1n) is 10.3. The molecule has 2 amide bonds. The van der Waals surface area contributed by atoms with Crippen molar-refractivity contribution in [3.8, 4) is 17.3 Å². The minimum Gasteiger partial charge on any atom is -0.486 e. The van der Waals surface area contributed by atoms with E-state index >= 15 is 0 Å². The van der Waals surface area contributed by atoms with E-state index in [2.05, 4.69) is 20.2 Å². The SMILES string of the molecule is C[C@@H](Oc1ccc2[nH]nc(-c3nc4c([nH]3)CN(C(=O)N(C)C)C4)c2c1)c1c(Cl)cncc1Cl. The second kappa shape index (κ2) is 8.24. The number of urea groups is 1. The molecule has 0 bridgehead atoms. The number of benzene rings is 1. The van der Waals surface area contributed by atoms with Crippen LogP contribution in [0.1, 0.15) is 30.0 Å². The molecule has 4 aromatic rings. The van der Waals surface area contributed by atoms with Gasteiger partial charge in [-0.2, -0.15) is 5.10 Å². The molecule has 1 atom stereocenters. The number of H-pyrrole nitrogens is 2. The summed E-state index contributed by atoms with van der Waals surface area (Å²) in [5.41, 5.74) is 3.98. The number of nitrogens with zero attached hydrogens (tertiary/aromatic N) is 5. The van der Waals surface area contributed by atoms with Crippen molar-refractivity contribution in [2.75, 3.05) is 14.1 Å². The van der Waals surface area contributed by atoms with Gasteiger partial charge in [-0.25, -0.2) is 9.78 Å². The Morgan fingerprint density at radius 2 is 1.97 bits per heavy atom. The molecule has 9 nitrogen and oxygen atoms in total. The quantitative estimate of drug-likeness (QED) is 0.432. The summed E-state index contributed by atoms with van der Waals surface area (Å²) >= 11 is 12.6. The highest BCUT2D eigenvalue weighted by molar-refractivity contribution is 6.35. The average molecular weight is 486 g/mol. The number of hydrogen-bond donors (Lipinski definition) is 2. The Hall–Kier alpha value is -3.30. The van der Waals surface area contributed by atoms with Crippen LogP contribution in [0.15, 0.2) is 30.6 Å². The van der Waals surface area contributed by atoms with E-state index in [9.17, 15) is 4.79 Å². The average Bonchev–Trinajstić information content (AvgIpc) is 3.45. The van der Waals surface area contributed by atoms with E-state index in [1.54, 1.807) is 36.3 Å². The predicted octanol–water partition coefficient (Wildman–Crippen LogP) is 4.79. The highest BCUT2D eigenvalue weighted by Gasteiger charge is 2.29. The Morgan fingerprint density at radius 3 is 2.67 bits per heavy atom. The molecule has 170 valence electrons. The van der Waals surface area contributed by atoms with Crippen molar-refractivity contribution in [1.29, 1.82) is 0 Å². The first-order valence-corrected chi connectivity index (χ1v) is 11.1. The second-order valence-corrected chi connectivity index (χ2v) is 8.91. The van der Waals surface area contributed by atoms with Crippen LogP contribution >= 0.6 is 23.2 Å². The molecule has 3 aromatic heterocycles. The maximum atomic E-state index is 12.2. The lowest BCUT2D eigenvalue weighted by atomic mass is 10.1. The van der Waals surface area contributed by atoms with Crippen LogP contribution < -0.4 is 4.74 Å². The molecule has 5 rings (SSSR count). The van der Waals surface area contributed by atoms with Gasteiger partial charge in [-0.1, -0.05) is 23.2 Å². The summed E-state index contributed by atoms with van der Waals surface area (Å²) in [6.07, 6.45) is 2.71. The largest absolute Gasteiger partial charge is 0.486 e. The van der Waals surface area contributed by atoms with Crippen molar-refractivity contribution in [3.63, 3.8) is 0 Å². The predicted molar refractivity (Wildman–Crippen MR) is 125 cm³/mol. The van der Waals surface area contributed by atoms with Gasteiger partial charge in [-0.3, -0.25) is 10.1 Å². The van der Waals surface area contributed by atoms with Crippen molar-refractivity contribution >= 4 is 40.1 Å². The molecule has 11 heteroatoms. The molecule has 1 aromatic carbocycles. The van der Waals surface area contributed by atoms with Crippen LogP contribution in [0, 0.1) is 0 Å². The lowest BCUT2D eigenvalue weighted by molar-refractivity contribution is 0.170. The number of ether oxygens (including phenoxy) is 1. The van der Waals surface area contributed by atoms with Gasteiger partial charge in [0.1, 0.15) is 17.5 Å². The lowest BCUT2D eigenvalue weighted by Gasteiger charge is -2.20. The Labute approximate surface area is 199 Å². The van der Waals surface area contributed by atoms with Gasteiger partial charge in [0.2, 0.25) is 0 Å². The van der Waals surface area contributed by atoms with Crippen LogP contribution in [0.4, 0.5) is 4.79 Å². The molecule has 0 saturated carbocycles. The fourth-order valence-electron chi connectivity index (χ4n) is 3.98. The highest BCUT2D eigenvalue weighted by atomic mass is 35.5. The van der Waals surface area contributed by atoms with E-state index in [-0.39, 0.29) is 12.1 Å². The van der Waals surface area contributed by atoms with Gasteiger partial charge in [0, 0.05) is 37.4 Å². The van der Waals surface area contributed by atoms with E-state index in [0.717, 1.165) is 22.3 Å². The summed E-state index contributed by atoms with van der Waals surface area (Å²) in [7, 11) is 3.47. The number of aromatic amines is 2. The van der Waals surface area contributed by atoms with E-state index < -0.39 is 0 Å². The number of rotatable bonds is 4. The van der Waals surface area contributed by atoms with Gasteiger partial charge >= 0.3 is 6.03 Å². The number of nitrogens with one attached hydrogen (secondary N) is 2. The maximum absolute atomic E-state index is 12.2. The Balaban J connectivity index is 1.41. The number of carbonyl (C=O) groups excluding carboxylic acids is 1. The van der Waals surface area contributed by atoms with Crippen LogP contribution in [-0.4, -0.2) is 55.1 Å². The van der Waals surface area contributed by atoms with Gasteiger partial charge in [-0.15, -0.1) is 0 Å². The normalized spacial score (nSPS) is 13.9. The van der Waals surface area contributed by atoms with Crippen molar-refractivity contribution in [2.24, 2.45) is 0 Å². The van der Waals surface area contributed by atoms with Crippen LogP contribution in [-0.2, 0) is 13.1 Å². The third-order valence-corrected chi connectivity index (χ3v) is 6.18. The number of aromatic nitrogens is 5. The highest BCUT2D eigenvalue weighted by Crippen LogP contribution is 2.35. The first-order chi connectivity index (χ1) is 15.8. The van der Waals surface area contributed by atoms with Gasteiger partial charge in [0.05, 0.1) is 40.0 Å². The summed E-state index contributed by atoms with van der Waals surface area (Å²) in [5, 5.41) is 9.25. The number of halogens is 2. The minimum absolute atomic E-state index is 0.0431. The first kappa shape index (κ1) is 21.5. The van der Waals surface area contributed by atoms with Crippen LogP contribution in [0.25, 0.3) is 22.4 Å². The summed E-state index contributed by atoms with van der Waals surface area (Å²) in [4.78, 5) is 27.5. The Kier molecular flexibility index (Phi) is 5.38. The fraction of sp³-hybridized carbons (Fsp3) is 0.273. The molecule has 0 unspecified atom stereocenters. The summed E-state index contributed by atoms with van der Waals surface area (Å²) in [5.74, 6) is 1.29. The molecular weight excluding hydrogens is 465 g/mol. The van der Waals surface area contributed by atoms with Crippen molar-refractivity contribution in [3.05, 3.63) is 57.6 Å². The van der Waals surface area contributed by atoms with Gasteiger partial charge in [0.25, 0.3) is 0 Å². The van der Waals surface area contributed by atoms with Crippen LogP contribution in [0.3, 0.4) is 0 Å². The molecule has 2 N–H and O–H groups in total. The number of fused-ring (bicyclic) bond motifs is 2. The summed E-state index contributed by atoms with van der Waals surface area (Å²) < 4.78 is 6.14. The topological polar surface area (TPSA) is 103 Å². The molecule has 1 aliphatic rings. The van der Waals surface area contributed by atoms with Gasteiger partial charge < -0.3 is 19.5 Å². The molecule has 4 heterocycles. The molecular formula is C22H21Cl2N7O2. The molecule has 0 aliphatic carbocycles. The zero-order valence-corrected chi connectivity index (χ0v) is 19.7. The van der Waals surface area contributed by atoms with Crippen LogP contribution in [0.2, 0.25) is 10.0 Å². The zero-order chi connectivity index (χ0) is 23.3. The van der Waals surface area contributed by atoms with E-state index in [1.807, 2.05) is 25.1 Å². The smallest absolute Gasteiger partial charge is 0.320 e. The second-order valence-electron chi connectivity index (χ2n) is 8.10. The summed E-state index contributed by atoms with van der Waals surface area (Å²) in [6, 6.07) is 5.62. The molecule has 1 aliphatic heterocycles. The van der Waals surface area contributed by atoms with E-state index in [0.29, 0.717) is 46.0 Å². The molecule has 0 saturated heterocycles. The number of hydrogen-bond acceptors (Lipinski definition) is 5. The molecule has 0 spiro atoms. The summed E-state index contributed by atoms with van der Waals surface area (Å²) in [6.45, 7) is 2.83. The monoisotopic (exact) mass is 485 g/mol. The number of carbonyl (C=O) groups is 1. The van der Waals surface area contributed by atoms with Crippen LogP contribution in [0.5, 0.6) is 5.75 Å². The Bertz CT molecular complexity index is 1320. The molecule has 0 radical (unpaired) electrons.